The number of amides is 3. The predicted octanol–water partition coefficient (Wildman–Crippen LogP) is 2.57. The summed E-state index contributed by atoms with van der Waals surface area (Å²) in [6.07, 6.45) is 3.60. The number of hydrogen-bond donors (Lipinski definition) is 2. The lowest BCUT2D eigenvalue weighted by molar-refractivity contribution is -0.126. The molecule has 2 aromatic rings. The molecule has 2 fully saturated rings. The Morgan fingerprint density at radius 2 is 1.93 bits per heavy atom. The maximum absolute atomic E-state index is 12.8. The molecule has 0 bridgehead atoms. The molecule has 1 unspecified atom stereocenters. The Balaban J connectivity index is 1.38. The summed E-state index contributed by atoms with van der Waals surface area (Å²) in [4.78, 5) is 39.1. The Morgan fingerprint density at radius 3 is 2.69 bits per heavy atom. The van der Waals surface area contributed by atoms with Gasteiger partial charge in [0.25, 0.3) is 11.8 Å². The smallest absolute Gasteiger partial charge is 0.286 e. The summed E-state index contributed by atoms with van der Waals surface area (Å²) in [6, 6.07) is 7.05. The van der Waals surface area contributed by atoms with Crippen LogP contribution in [0.3, 0.4) is 0 Å². The van der Waals surface area contributed by atoms with E-state index in [1.54, 1.807) is 29.2 Å². The van der Waals surface area contributed by atoms with E-state index in [4.69, 9.17) is 11.6 Å². The van der Waals surface area contributed by atoms with Crippen LogP contribution in [0.1, 0.15) is 45.3 Å². The number of aromatic nitrogens is 2. The molecule has 4 rings (SSSR count). The number of anilines is 1. The quantitative estimate of drug-likeness (QED) is 0.754. The molecule has 3 amide bonds. The summed E-state index contributed by atoms with van der Waals surface area (Å²) in [5.74, 6) is -0.937. The maximum atomic E-state index is 12.8. The van der Waals surface area contributed by atoms with Crippen molar-refractivity contribution in [3.63, 3.8) is 0 Å². The van der Waals surface area contributed by atoms with Gasteiger partial charge in [0, 0.05) is 29.8 Å². The molecular formula is C19H20ClN5O3S. The first-order valence-corrected chi connectivity index (χ1v) is 10.7. The van der Waals surface area contributed by atoms with Gasteiger partial charge in [0.05, 0.1) is 5.92 Å². The van der Waals surface area contributed by atoms with Crippen molar-refractivity contribution in [2.75, 3.05) is 18.4 Å². The average molecular weight is 434 g/mol. The van der Waals surface area contributed by atoms with E-state index >= 15 is 0 Å². The van der Waals surface area contributed by atoms with Crippen LogP contribution < -0.4 is 10.6 Å². The first-order valence-electron chi connectivity index (χ1n) is 9.49. The molecule has 2 aliphatic rings. The first kappa shape index (κ1) is 19.8. The molecule has 1 atom stereocenters. The summed E-state index contributed by atoms with van der Waals surface area (Å²) in [5, 5.41) is 14.2. The number of nitrogens with one attached hydrogen (secondary N) is 2. The molecule has 10 heteroatoms. The number of carbonyl (C=O) groups excluding carboxylic acids is 3. The van der Waals surface area contributed by atoms with E-state index in [0.717, 1.165) is 37.0 Å². The third-order valence-electron chi connectivity index (χ3n) is 4.89. The normalized spacial score (nSPS) is 18.9. The number of nitrogens with zero attached hydrogens (tertiary/aromatic N) is 3. The number of likely N-dealkylation sites (tertiary alicyclic amines) is 1. The second-order valence-corrected chi connectivity index (χ2v) is 8.66. The van der Waals surface area contributed by atoms with Gasteiger partial charge in [0.2, 0.25) is 15.9 Å². The van der Waals surface area contributed by atoms with E-state index < -0.39 is 5.91 Å². The fraction of sp³-hybridized carbons (Fsp3) is 0.421. The minimum Gasteiger partial charge on any atom is -0.353 e. The molecule has 29 heavy (non-hydrogen) atoms. The zero-order valence-electron chi connectivity index (χ0n) is 15.6. The molecule has 1 saturated carbocycles. The molecule has 8 nitrogen and oxygen atoms in total. The van der Waals surface area contributed by atoms with Crippen molar-refractivity contribution < 1.29 is 14.4 Å². The van der Waals surface area contributed by atoms with E-state index in [2.05, 4.69) is 20.8 Å². The average Bonchev–Trinajstić information content (AvgIpc) is 3.39. The summed E-state index contributed by atoms with van der Waals surface area (Å²) >= 11 is 6.85. The molecule has 1 aliphatic carbocycles. The van der Waals surface area contributed by atoms with Crippen molar-refractivity contribution in [3.05, 3.63) is 39.3 Å². The van der Waals surface area contributed by atoms with Gasteiger partial charge in [0.1, 0.15) is 0 Å². The van der Waals surface area contributed by atoms with E-state index in [0.29, 0.717) is 29.8 Å². The predicted molar refractivity (Wildman–Crippen MR) is 109 cm³/mol. The number of benzene rings is 1. The summed E-state index contributed by atoms with van der Waals surface area (Å²) in [6.45, 7) is 0.927. The summed E-state index contributed by atoms with van der Waals surface area (Å²) < 4.78 is 0. The summed E-state index contributed by atoms with van der Waals surface area (Å²) in [5.41, 5.74) is 0.533. The lowest BCUT2D eigenvalue weighted by Crippen LogP contribution is -2.45. The van der Waals surface area contributed by atoms with Gasteiger partial charge >= 0.3 is 0 Å². The lowest BCUT2D eigenvalue weighted by Gasteiger charge is -2.31. The minimum atomic E-state index is -0.454. The van der Waals surface area contributed by atoms with Crippen molar-refractivity contribution in [1.82, 2.24) is 20.4 Å². The van der Waals surface area contributed by atoms with Crippen LogP contribution in [-0.2, 0) is 4.79 Å². The number of piperidine rings is 1. The molecule has 1 aromatic carbocycles. The number of halogens is 1. The molecule has 2 heterocycles. The van der Waals surface area contributed by atoms with E-state index in [1.165, 1.54) is 0 Å². The Hall–Kier alpha value is -2.52. The molecule has 1 aliphatic heterocycles. The van der Waals surface area contributed by atoms with Crippen LogP contribution in [0.5, 0.6) is 0 Å². The molecule has 2 N–H and O–H groups in total. The van der Waals surface area contributed by atoms with Crippen LogP contribution in [0.2, 0.25) is 5.02 Å². The number of rotatable bonds is 5. The van der Waals surface area contributed by atoms with Gasteiger partial charge in [-0.2, -0.15) is 0 Å². The van der Waals surface area contributed by atoms with Crippen LogP contribution >= 0.6 is 22.9 Å². The molecule has 1 saturated heterocycles. The monoisotopic (exact) mass is 433 g/mol. The molecule has 152 valence electrons. The SMILES string of the molecule is O=C(Nc1cccc(Cl)c1)c1nnc(C(=O)N2CCCC(C(=O)NC3CC3)C2)s1. The van der Waals surface area contributed by atoms with Crippen LogP contribution in [-0.4, -0.2) is 52.0 Å². The van der Waals surface area contributed by atoms with Gasteiger partial charge in [0.15, 0.2) is 0 Å². The fourth-order valence-electron chi connectivity index (χ4n) is 3.21. The second kappa shape index (κ2) is 8.46. The second-order valence-electron chi connectivity index (χ2n) is 7.25. The van der Waals surface area contributed by atoms with E-state index in [9.17, 15) is 14.4 Å². The van der Waals surface area contributed by atoms with Crippen LogP contribution in [0, 0.1) is 5.92 Å². The third kappa shape index (κ3) is 4.91. The van der Waals surface area contributed by atoms with Gasteiger partial charge < -0.3 is 15.5 Å². The third-order valence-corrected chi connectivity index (χ3v) is 6.03. The Morgan fingerprint density at radius 1 is 1.14 bits per heavy atom. The van der Waals surface area contributed by atoms with Crippen molar-refractivity contribution in [2.24, 2.45) is 5.92 Å². The highest BCUT2D eigenvalue weighted by atomic mass is 35.5. The topological polar surface area (TPSA) is 104 Å². The van der Waals surface area contributed by atoms with Gasteiger partial charge in [-0.15, -0.1) is 10.2 Å². The highest BCUT2D eigenvalue weighted by Crippen LogP contribution is 2.24. The minimum absolute atomic E-state index is 0.0175. The zero-order chi connectivity index (χ0) is 20.4. The highest BCUT2D eigenvalue weighted by Gasteiger charge is 2.33. The zero-order valence-corrected chi connectivity index (χ0v) is 17.1. The van der Waals surface area contributed by atoms with Gasteiger partial charge in [-0.3, -0.25) is 14.4 Å². The first-order chi connectivity index (χ1) is 14.0. The van der Waals surface area contributed by atoms with E-state index in [-0.39, 0.29) is 27.7 Å². The van der Waals surface area contributed by atoms with Crippen molar-refractivity contribution in [3.8, 4) is 0 Å². The number of hydrogen-bond acceptors (Lipinski definition) is 6. The van der Waals surface area contributed by atoms with Crippen molar-refractivity contribution in [1.29, 1.82) is 0 Å². The van der Waals surface area contributed by atoms with Crippen molar-refractivity contribution >= 4 is 46.3 Å². The highest BCUT2D eigenvalue weighted by molar-refractivity contribution is 7.15. The van der Waals surface area contributed by atoms with Gasteiger partial charge in [-0.1, -0.05) is 29.0 Å². The standard InChI is InChI=1S/C19H20ClN5O3S/c20-12-4-1-5-14(9-12)22-16(27)17-23-24-18(29-17)19(28)25-8-2-3-11(10-25)15(26)21-13-6-7-13/h1,4-5,9,11,13H,2-3,6-8,10H2,(H,21,26)(H,22,27). The van der Waals surface area contributed by atoms with Crippen LogP contribution in [0.15, 0.2) is 24.3 Å². The molecule has 0 spiro atoms. The van der Waals surface area contributed by atoms with Crippen LogP contribution in [0.4, 0.5) is 5.69 Å². The largest absolute Gasteiger partial charge is 0.353 e. The van der Waals surface area contributed by atoms with Gasteiger partial charge in [-0.05, 0) is 43.9 Å². The Labute approximate surface area is 176 Å². The Bertz CT molecular complexity index is 945. The molecule has 0 radical (unpaired) electrons. The van der Waals surface area contributed by atoms with E-state index in [1.807, 2.05) is 0 Å². The van der Waals surface area contributed by atoms with Gasteiger partial charge in [-0.25, -0.2) is 0 Å². The fourth-order valence-corrected chi connectivity index (χ4v) is 4.11. The maximum Gasteiger partial charge on any atom is 0.286 e. The van der Waals surface area contributed by atoms with Crippen LogP contribution in [0.25, 0.3) is 0 Å². The Kier molecular flexibility index (Phi) is 5.77. The summed E-state index contributed by atoms with van der Waals surface area (Å²) in [7, 11) is 0. The molecule has 1 aromatic heterocycles. The van der Waals surface area contributed by atoms with Crippen molar-refractivity contribution in [2.45, 2.75) is 31.7 Å². The lowest BCUT2D eigenvalue weighted by atomic mass is 9.97. The number of carbonyl (C=O) groups is 3. The molecular weight excluding hydrogens is 414 g/mol.